The molecule has 2 atom stereocenters. The van der Waals surface area contributed by atoms with Crippen molar-refractivity contribution in [3.63, 3.8) is 0 Å². The van der Waals surface area contributed by atoms with Crippen molar-refractivity contribution in [2.24, 2.45) is 0 Å². The number of amides is 1. The summed E-state index contributed by atoms with van der Waals surface area (Å²) in [5.74, 6) is 2.15. The SMILES string of the molecule is COc1ccc(NC(=O)c2ccc(-c3ccc(-c4noc(C)n4)cc3C)cc2)cc1OC(C)C1CCCN1. The van der Waals surface area contributed by atoms with Crippen molar-refractivity contribution in [1.29, 1.82) is 0 Å². The summed E-state index contributed by atoms with van der Waals surface area (Å²) in [6, 6.07) is 19.3. The van der Waals surface area contributed by atoms with E-state index in [-0.39, 0.29) is 12.0 Å². The predicted molar refractivity (Wildman–Crippen MR) is 147 cm³/mol. The summed E-state index contributed by atoms with van der Waals surface area (Å²) in [7, 11) is 1.61. The Hall–Kier alpha value is -4.17. The predicted octanol–water partition coefficient (Wildman–Crippen LogP) is 5.80. The first-order valence-corrected chi connectivity index (χ1v) is 12.8. The van der Waals surface area contributed by atoms with Crippen molar-refractivity contribution in [2.45, 2.75) is 45.8 Å². The number of nitrogens with one attached hydrogen (secondary N) is 2. The number of methoxy groups -OCH3 is 1. The number of aromatic nitrogens is 2. The molecule has 1 saturated heterocycles. The number of anilines is 1. The minimum atomic E-state index is -0.197. The first-order valence-electron chi connectivity index (χ1n) is 12.8. The summed E-state index contributed by atoms with van der Waals surface area (Å²) in [4.78, 5) is 17.3. The number of carbonyl (C=O) groups is 1. The normalized spacial score (nSPS) is 15.7. The van der Waals surface area contributed by atoms with E-state index in [1.54, 1.807) is 14.0 Å². The third-order valence-electron chi connectivity index (χ3n) is 6.87. The van der Waals surface area contributed by atoms with E-state index < -0.39 is 0 Å². The molecular weight excluding hydrogens is 480 g/mol. The molecule has 3 aromatic carbocycles. The summed E-state index contributed by atoms with van der Waals surface area (Å²) in [6.45, 7) is 6.87. The molecule has 1 aromatic heterocycles. The van der Waals surface area contributed by atoms with Crippen LogP contribution >= 0.6 is 0 Å². The van der Waals surface area contributed by atoms with Gasteiger partial charge in [-0.3, -0.25) is 4.79 Å². The molecule has 0 spiro atoms. The van der Waals surface area contributed by atoms with Crippen LogP contribution in [0.5, 0.6) is 11.5 Å². The Kier molecular flexibility index (Phi) is 7.42. The van der Waals surface area contributed by atoms with Crippen LogP contribution in [-0.4, -0.2) is 41.8 Å². The highest BCUT2D eigenvalue weighted by Gasteiger charge is 2.23. The van der Waals surface area contributed by atoms with E-state index in [9.17, 15) is 4.79 Å². The van der Waals surface area contributed by atoms with E-state index in [4.69, 9.17) is 14.0 Å². The minimum Gasteiger partial charge on any atom is -0.493 e. The molecule has 0 bridgehead atoms. The fourth-order valence-corrected chi connectivity index (χ4v) is 4.79. The van der Waals surface area contributed by atoms with Crippen LogP contribution in [-0.2, 0) is 0 Å². The monoisotopic (exact) mass is 512 g/mol. The molecule has 1 aliphatic heterocycles. The fraction of sp³-hybridized carbons (Fsp3) is 0.300. The lowest BCUT2D eigenvalue weighted by atomic mass is 9.97. The molecule has 2 unspecified atom stereocenters. The van der Waals surface area contributed by atoms with Crippen LogP contribution in [0.3, 0.4) is 0 Å². The molecule has 5 rings (SSSR count). The maximum absolute atomic E-state index is 13.0. The maximum Gasteiger partial charge on any atom is 0.255 e. The highest BCUT2D eigenvalue weighted by atomic mass is 16.5. The second kappa shape index (κ2) is 11.1. The summed E-state index contributed by atoms with van der Waals surface area (Å²) in [5.41, 5.74) is 5.27. The molecule has 2 heterocycles. The molecule has 0 radical (unpaired) electrons. The second-order valence-corrected chi connectivity index (χ2v) is 9.59. The Bertz CT molecular complexity index is 1420. The molecule has 0 saturated carbocycles. The first kappa shape index (κ1) is 25.5. The van der Waals surface area contributed by atoms with E-state index in [1.165, 1.54) is 0 Å². The quantitative estimate of drug-likeness (QED) is 0.308. The van der Waals surface area contributed by atoms with Crippen LogP contribution in [0.15, 0.2) is 65.2 Å². The number of hydrogen-bond acceptors (Lipinski definition) is 7. The molecule has 2 N–H and O–H groups in total. The van der Waals surface area contributed by atoms with E-state index >= 15 is 0 Å². The van der Waals surface area contributed by atoms with Gasteiger partial charge < -0.3 is 24.6 Å². The van der Waals surface area contributed by atoms with Gasteiger partial charge in [-0.2, -0.15) is 4.98 Å². The van der Waals surface area contributed by atoms with Crippen molar-refractivity contribution in [1.82, 2.24) is 15.5 Å². The number of benzene rings is 3. The van der Waals surface area contributed by atoms with Gasteiger partial charge in [0.2, 0.25) is 11.7 Å². The average molecular weight is 513 g/mol. The van der Waals surface area contributed by atoms with Crippen molar-refractivity contribution in [3.05, 3.63) is 77.7 Å². The average Bonchev–Trinajstić information content (AvgIpc) is 3.61. The summed E-state index contributed by atoms with van der Waals surface area (Å²) < 4.78 is 16.8. The Balaban J connectivity index is 1.28. The van der Waals surface area contributed by atoms with Crippen molar-refractivity contribution in [2.75, 3.05) is 19.0 Å². The Morgan fingerprint density at radius 2 is 1.84 bits per heavy atom. The zero-order valence-electron chi connectivity index (χ0n) is 22.1. The second-order valence-electron chi connectivity index (χ2n) is 9.59. The van der Waals surface area contributed by atoms with E-state index in [1.807, 2.05) is 67.6 Å². The molecule has 196 valence electrons. The molecule has 8 nitrogen and oxygen atoms in total. The van der Waals surface area contributed by atoms with Gasteiger partial charge in [0.1, 0.15) is 6.10 Å². The molecular formula is C30H32N4O4. The zero-order chi connectivity index (χ0) is 26.6. The molecule has 0 aliphatic carbocycles. The third-order valence-corrected chi connectivity index (χ3v) is 6.87. The lowest BCUT2D eigenvalue weighted by Gasteiger charge is -2.22. The lowest BCUT2D eigenvalue weighted by Crippen LogP contribution is -2.36. The molecule has 8 heteroatoms. The molecule has 1 aliphatic rings. The van der Waals surface area contributed by atoms with E-state index in [0.717, 1.165) is 41.6 Å². The van der Waals surface area contributed by atoms with Gasteiger partial charge in [-0.15, -0.1) is 0 Å². The fourth-order valence-electron chi connectivity index (χ4n) is 4.79. The van der Waals surface area contributed by atoms with Crippen LogP contribution in [0.2, 0.25) is 0 Å². The van der Waals surface area contributed by atoms with Crippen LogP contribution in [0.1, 0.15) is 41.6 Å². The summed E-state index contributed by atoms with van der Waals surface area (Å²) in [5, 5.41) is 10.4. The largest absolute Gasteiger partial charge is 0.493 e. The van der Waals surface area contributed by atoms with Gasteiger partial charge in [-0.1, -0.05) is 29.4 Å². The van der Waals surface area contributed by atoms with Gasteiger partial charge in [0.25, 0.3) is 5.91 Å². The van der Waals surface area contributed by atoms with Gasteiger partial charge in [-0.05, 0) is 80.3 Å². The highest BCUT2D eigenvalue weighted by Crippen LogP contribution is 2.33. The molecule has 1 amide bonds. The number of nitrogens with zero attached hydrogens (tertiary/aromatic N) is 2. The number of rotatable bonds is 8. The third kappa shape index (κ3) is 5.55. The smallest absolute Gasteiger partial charge is 0.255 e. The van der Waals surface area contributed by atoms with Gasteiger partial charge >= 0.3 is 0 Å². The van der Waals surface area contributed by atoms with Gasteiger partial charge in [0.15, 0.2) is 11.5 Å². The number of hydrogen-bond donors (Lipinski definition) is 2. The zero-order valence-corrected chi connectivity index (χ0v) is 22.1. The van der Waals surface area contributed by atoms with Crippen LogP contribution in [0.25, 0.3) is 22.5 Å². The standard InChI is InChI=1S/C30H32N4O4/c1-18-16-23(29-32-20(3)38-34-29)11-13-25(18)21-7-9-22(10-8-21)30(35)33-24-12-14-27(36-4)28(17-24)37-19(2)26-6-5-15-31-26/h7-14,16-17,19,26,31H,5-6,15H2,1-4H3,(H,33,35). The Labute approximate surface area is 222 Å². The maximum atomic E-state index is 13.0. The Morgan fingerprint density at radius 3 is 2.50 bits per heavy atom. The Morgan fingerprint density at radius 1 is 1.05 bits per heavy atom. The molecule has 1 fully saturated rings. The van der Waals surface area contributed by atoms with Gasteiger partial charge in [0, 0.05) is 35.8 Å². The van der Waals surface area contributed by atoms with Crippen molar-refractivity contribution in [3.8, 4) is 34.0 Å². The summed E-state index contributed by atoms with van der Waals surface area (Å²) in [6.07, 6.45) is 2.21. The first-order chi connectivity index (χ1) is 18.4. The topological polar surface area (TPSA) is 98.5 Å². The summed E-state index contributed by atoms with van der Waals surface area (Å²) >= 11 is 0. The van der Waals surface area contributed by atoms with Crippen molar-refractivity contribution >= 4 is 11.6 Å². The minimum absolute atomic E-state index is 0.0150. The van der Waals surface area contributed by atoms with Crippen LogP contribution < -0.4 is 20.1 Å². The lowest BCUT2D eigenvalue weighted by molar-refractivity contribution is 0.102. The van der Waals surface area contributed by atoms with Crippen LogP contribution in [0.4, 0.5) is 5.69 Å². The van der Waals surface area contributed by atoms with E-state index in [2.05, 4.69) is 27.7 Å². The van der Waals surface area contributed by atoms with Crippen molar-refractivity contribution < 1.29 is 18.8 Å². The van der Waals surface area contributed by atoms with E-state index in [0.29, 0.717) is 40.5 Å². The molecule has 4 aromatic rings. The van der Waals surface area contributed by atoms with Gasteiger partial charge in [0.05, 0.1) is 7.11 Å². The molecule has 38 heavy (non-hydrogen) atoms. The van der Waals surface area contributed by atoms with Gasteiger partial charge in [-0.25, -0.2) is 0 Å². The number of ether oxygens (including phenoxy) is 2. The number of aryl methyl sites for hydroxylation is 2. The number of carbonyl (C=O) groups excluding carboxylic acids is 1. The highest BCUT2D eigenvalue weighted by molar-refractivity contribution is 6.04. The van der Waals surface area contributed by atoms with Crippen LogP contribution in [0, 0.1) is 13.8 Å².